The SMILES string of the molecule is CCCCC/C=C\C/C=C\C/C=C\C/C=C\CCCC(=O)O[C@@H](COC(=O)CCCCCCCCC/C=C\CCCCCC)COC(=O)CCCCCCCCCCC/C=C\CCCCCCCC. The Morgan fingerprint density at radius 3 is 0.913 bits per heavy atom. The third-order valence-corrected chi connectivity index (χ3v) is 12.7. The fourth-order valence-corrected chi connectivity index (χ4v) is 8.19. The van der Waals surface area contributed by atoms with Crippen LogP contribution in [-0.2, 0) is 28.6 Å². The number of carbonyl (C=O) groups excluding carboxylic acids is 3. The van der Waals surface area contributed by atoms with Crippen LogP contribution in [0.1, 0.15) is 290 Å². The van der Waals surface area contributed by atoms with Crippen molar-refractivity contribution in [1.29, 1.82) is 0 Å². The van der Waals surface area contributed by atoms with Gasteiger partial charge < -0.3 is 14.2 Å². The highest BCUT2D eigenvalue weighted by molar-refractivity contribution is 5.71. The predicted octanol–water partition coefficient (Wildman–Crippen LogP) is 19.8. The van der Waals surface area contributed by atoms with Crippen molar-refractivity contribution in [3.8, 4) is 0 Å². The first-order valence-electron chi connectivity index (χ1n) is 29.4. The molecule has 0 saturated heterocycles. The van der Waals surface area contributed by atoms with Gasteiger partial charge in [-0.05, 0) is 109 Å². The van der Waals surface area contributed by atoms with Gasteiger partial charge in [0.25, 0.3) is 0 Å². The monoisotopic (exact) mass is 963 g/mol. The first-order valence-corrected chi connectivity index (χ1v) is 29.4. The van der Waals surface area contributed by atoms with Crippen molar-refractivity contribution in [3.63, 3.8) is 0 Å². The molecule has 0 unspecified atom stereocenters. The summed E-state index contributed by atoms with van der Waals surface area (Å²) in [6.07, 6.45) is 73.2. The van der Waals surface area contributed by atoms with Crippen LogP contribution in [-0.4, -0.2) is 37.2 Å². The highest BCUT2D eigenvalue weighted by Crippen LogP contribution is 2.15. The maximum atomic E-state index is 12.8. The molecule has 0 aromatic heterocycles. The number of carbonyl (C=O) groups is 3. The van der Waals surface area contributed by atoms with Gasteiger partial charge in [-0.2, -0.15) is 0 Å². The molecule has 0 radical (unpaired) electrons. The minimum absolute atomic E-state index is 0.0985. The summed E-state index contributed by atoms with van der Waals surface area (Å²) in [5.74, 6) is -0.953. The summed E-state index contributed by atoms with van der Waals surface area (Å²) in [4.78, 5) is 38.2. The Morgan fingerprint density at radius 1 is 0.290 bits per heavy atom. The van der Waals surface area contributed by atoms with Crippen molar-refractivity contribution in [1.82, 2.24) is 0 Å². The van der Waals surface area contributed by atoms with Crippen LogP contribution in [0.25, 0.3) is 0 Å². The summed E-state index contributed by atoms with van der Waals surface area (Å²) in [5, 5.41) is 0. The van der Waals surface area contributed by atoms with Gasteiger partial charge in [-0.25, -0.2) is 0 Å². The van der Waals surface area contributed by atoms with E-state index in [1.165, 1.54) is 180 Å². The maximum Gasteiger partial charge on any atom is 0.306 e. The zero-order valence-corrected chi connectivity index (χ0v) is 45.6. The van der Waals surface area contributed by atoms with Crippen LogP contribution in [0.15, 0.2) is 72.9 Å². The van der Waals surface area contributed by atoms with E-state index in [0.717, 1.165) is 64.2 Å². The number of esters is 3. The van der Waals surface area contributed by atoms with Crippen LogP contribution in [0.2, 0.25) is 0 Å². The van der Waals surface area contributed by atoms with Gasteiger partial charge >= 0.3 is 17.9 Å². The molecular formula is C63H110O6. The molecule has 0 aliphatic heterocycles. The number of rotatable bonds is 53. The number of ether oxygens (including phenoxy) is 3. The zero-order valence-electron chi connectivity index (χ0n) is 45.6. The molecule has 0 rings (SSSR count). The van der Waals surface area contributed by atoms with E-state index in [-0.39, 0.29) is 37.5 Å². The molecule has 1 atom stereocenters. The molecule has 0 aromatic carbocycles. The number of hydrogen-bond donors (Lipinski definition) is 0. The molecule has 69 heavy (non-hydrogen) atoms. The first kappa shape index (κ1) is 65.8. The number of hydrogen-bond acceptors (Lipinski definition) is 6. The molecule has 398 valence electrons. The van der Waals surface area contributed by atoms with Gasteiger partial charge in [0.2, 0.25) is 0 Å². The van der Waals surface area contributed by atoms with Gasteiger partial charge in [-0.15, -0.1) is 0 Å². The standard InChI is InChI=1S/C63H110O6/c1-4-7-10-13-16-19-22-25-28-30-31-33-35-38-41-44-47-50-53-56-62(65)68-59-60(58-67-61(64)55-52-49-46-43-40-37-34-27-24-21-18-15-12-9-6-3)69-63(66)57-54-51-48-45-42-39-36-32-29-26-23-20-17-14-11-8-5-2/h17,20-21,24-26,28-29,36,39,45,48,60H,4-16,18-19,22-23,27,30-35,37-38,40-44,46-47,49-59H2,1-3H3/b20-17-,24-21-,28-25-,29-26-,39-36-,48-45-/t60-/m0/s1. The number of unbranched alkanes of at least 4 members (excludes halogenated alkanes) is 30. The summed E-state index contributed by atoms with van der Waals surface area (Å²) in [7, 11) is 0. The van der Waals surface area contributed by atoms with Crippen molar-refractivity contribution in [2.75, 3.05) is 13.2 Å². The fourth-order valence-electron chi connectivity index (χ4n) is 8.19. The Bertz CT molecular complexity index is 1290. The average molecular weight is 964 g/mol. The summed E-state index contributed by atoms with van der Waals surface area (Å²) in [6, 6.07) is 0. The molecule has 0 aromatic rings. The topological polar surface area (TPSA) is 78.9 Å². The van der Waals surface area contributed by atoms with E-state index in [0.29, 0.717) is 19.3 Å². The minimum atomic E-state index is -0.807. The molecular weight excluding hydrogens is 853 g/mol. The second-order valence-corrected chi connectivity index (χ2v) is 19.5. The van der Waals surface area contributed by atoms with Crippen LogP contribution in [0.4, 0.5) is 0 Å². The highest BCUT2D eigenvalue weighted by Gasteiger charge is 2.19. The Kier molecular flexibility index (Phi) is 54.8. The van der Waals surface area contributed by atoms with Gasteiger partial charge in [0, 0.05) is 19.3 Å². The molecule has 0 bridgehead atoms. The minimum Gasteiger partial charge on any atom is -0.462 e. The quantitative estimate of drug-likeness (QED) is 0.0262. The van der Waals surface area contributed by atoms with E-state index in [4.69, 9.17) is 14.2 Å². The molecule has 0 saturated carbocycles. The number of allylic oxidation sites excluding steroid dienone is 12. The Hall–Kier alpha value is -3.15. The first-order chi connectivity index (χ1) is 34.0. The van der Waals surface area contributed by atoms with E-state index < -0.39 is 6.10 Å². The predicted molar refractivity (Wildman–Crippen MR) is 298 cm³/mol. The lowest BCUT2D eigenvalue weighted by atomic mass is 10.1. The Balaban J connectivity index is 4.45. The third kappa shape index (κ3) is 55.6. The van der Waals surface area contributed by atoms with Crippen LogP contribution < -0.4 is 0 Å². The second kappa shape index (κ2) is 57.4. The molecule has 0 heterocycles. The lowest BCUT2D eigenvalue weighted by Crippen LogP contribution is -2.30. The smallest absolute Gasteiger partial charge is 0.306 e. The molecule has 6 nitrogen and oxygen atoms in total. The lowest BCUT2D eigenvalue weighted by molar-refractivity contribution is -0.167. The van der Waals surface area contributed by atoms with Crippen LogP contribution in [0.3, 0.4) is 0 Å². The van der Waals surface area contributed by atoms with Gasteiger partial charge in [0.05, 0.1) is 0 Å². The van der Waals surface area contributed by atoms with Crippen molar-refractivity contribution < 1.29 is 28.6 Å². The van der Waals surface area contributed by atoms with Crippen molar-refractivity contribution in [3.05, 3.63) is 72.9 Å². The molecule has 0 aliphatic carbocycles. The molecule has 0 fully saturated rings. The van der Waals surface area contributed by atoms with E-state index in [1.54, 1.807) is 0 Å². The van der Waals surface area contributed by atoms with Gasteiger partial charge in [-0.3, -0.25) is 14.4 Å². The van der Waals surface area contributed by atoms with Crippen LogP contribution in [0.5, 0.6) is 0 Å². The van der Waals surface area contributed by atoms with Gasteiger partial charge in [0.15, 0.2) is 6.10 Å². The molecule has 6 heteroatoms. The highest BCUT2D eigenvalue weighted by atomic mass is 16.6. The average Bonchev–Trinajstić information content (AvgIpc) is 3.35. The molecule has 0 spiro atoms. The second-order valence-electron chi connectivity index (χ2n) is 19.5. The Labute approximate surface area is 427 Å². The van der Waals surface area contributed by atoms with Crippen LogP contribution >= 0.6 is 0 Å². The summed E-state index contributed by atoms with van der Waals surface area (Å²) in [5.41, 5.74) is 0. The van der Waals surface area contributed by atoms with Crippen molar-refractivity contribution >= 4 is 17.9 Å². The Morgan fingerprint density at radius 2 is 0.536 bits per heavy atom. The van der Waals surface area contributed by atoms with E-state index in [1.807, 2.05) is 0 Å². The summed E-state index contributed by atoms with van der Waals surface area (Å²) >= 11 is 0. The molecule has 0 aliphatic rings. The zero-order chi connectivity index (χ0) is 50.0. The van der Waals surface area contributed by atoms with E-state index in [9.17, 15) is 14.4 Å². The summed E-state index contributed by atoms with van der Waals surface area (Å²) < 4.78 is 16.8. The van der Waals surface area contributed by atoms with Crippen LogP contribution in [0, 0.1) is 0 Å². The fraction of sp³-hybridized carbons (Fsp3) is 0.762. The van der Waals surface area contributed by atoms with Gasteiger partial charge in [-0.1, -0.05) is 235 Å². The van der Waals surface area contributed by atoms with Gasteiger partial charge in [0.1, 0.15) is 13.2 Å². The lowest BCUT2D eigenvalue weighted by Gasteiger charge is -2.18. The third-order valence-electron chi connectivity index (χ3n) is 12.7. The van der Waals surface area contributed by atoms with Crippen molar-refractivity contribution in [2.24, 2.45) is 0 Å². The maximum absolute atomic E-state index is 12.8. The van der Waals surface area contributed by atoms with Crippen molar-refractivity contribution in [2.45, 2.75) is 297 Å². The molecule has 0 N–H and O–H groups in total. The van der Waals surface area contributed by atoms with E-state index >= 15 is 0 Å². The summed E-state index contributed by atoms with van der Waals surface area (Å²) in [6.45, 7) is 6.57. The largest absolute Gasteiger partial charge is 0.462 e. The molecule has 0 amide bonds. The van der Waals surface area contributed by atoms with E-state index in [2.05, 4.69) is 93.7 Å². The normalized spacial score (nSPS) is 12.6.